The predicted molar refractivity (Wildman–Crippen MR) is 78.5 cm³/mol. The third kappa shape index (κ3) is 3.37. The monoisotopic (exact) mass is 263 g/mol. The molecule has 0 unspecified atom stereocenters. The van der Waals surface area contributed by atoms with Crippen molar-refractivity contribution in [2.24, 2.45) is 5.92 Å². The smallest absolute Gasteiger partial charge is 0.293 e. The van der Waals surface area contributed by atoms with Crippen molar-refractivity contribution in [2.75, 3.05) is 5.32 Å². The molecule has 0 aliphatic heterocycles. The van der Waals surface area contributed by atoms with Gasteiger partial charge in [0.2, 0.25) is 0 Å². The molecule has 2 rings (SSSR count). The summed E-state index contributed by atoms with van der Waals surface area (Å²) >= 11 is 0. The van der Waals surface area contributed by atoms with Crippen LogP contribution in [-0.2, 0) is 5.54 Å². The van der Waals surface area contributed by atoms with Crippen molar-refractivity contribution in [3.05, 3.63) is 22.7 Å². The van der Waals surface area contributed by atoms with E-state index in [2.05, 4.69) is 17.2 Å². The van der Waals surface area contributed by atoms with Gasteiger partial charge < -0.3 is 9.88 Å². The summed E-state index contributed by atoms with van der Waals surface area (Å²) in [6, 6.07) is 0.396. The highest BCUT2D eigenvalue weighted by atomic mass is 16.1. The molecular weight excluding hydrogens is 238 g/mol. The van der Waals surface area contributed by atoms with Crippen molar-refractivity contribution < 1.29 is 0 Å². The molecule has 0 bridgehead atoms. The van der Waals surface area contributed by atoms with Crippen LogP contribution in [0.3, 0.4) is 0 Å². The highest BCUT2D eigenvalue weighted by Crippen LogP contribution is 2.25. The minimum atomic E-state index is -0.211. The van der Waals surface area contributed by atoms with E-state index in [0.29, 0.717) is 11.9 Å². The summed E-state index contributed by atoms with van der Waals surface area (Å²) in [5, 5.41) is 3.34. The number of hydrogen-bond donors (Lipinski definition) is 1. The van der Waals surface area contributed by atoms with Gasteiger partial charge in [-0.2, -0.15) is 0 Å². The molecule has 19 heavy (non-hydrogen) atoms. The molecule has 4 heteroatoms. The quantitative estimate of drug-likeness (QED) is 0.892. The Hall–Kier alpha value is -1.32. The summed E-state index contributed by atoms with van der Waals surface area (Å²) in [4.78, 5) is 16.6. The first-order valence-electron chi connectivity index (χ1n) is 7.22. The lowest BCUT2D eigenvalue weighted by molar-refractivity contribution is 0.358. The van der Waals surface area contributed by atoms with Gasteiger partial charge in [-0.05, 0) is 52.4 Å². The minimum absolute atomic E-state index is 0.0198. The van der Waals surface area contributed by atoms with E-state index in [9.17, 15) is 4.79 Å². The summed E-state index contributed by atoms with van der Waals surface area (Å²) in [6.45, 7) is 8.38. The molecule has 0 saturated heterocycles. The molecule has 1 fully saturated rings. The Labute approximate surface area is 115 Å². The Bertz CT molecular complexity index is 479. The molecule has 0 spiro atoms. The number of nitrogens with one attached hydrogen (secondary N) is 1. The molecule has 1 aromatic rings. The van der Waals surface area contributed by atoms with E-state index in [4.69, 9.17) is 0 Å². The van der Waals surface area contributed by atoms with Gasteiger partial charge in [0.25, 0.3) is 5.56 Å². The van der Waals surface area contributed by atoms with Crippen LogP contribution in [0.1, 0.15) is 53.4 Å². The second-order valence-electron chi connectivity index (χ2n) is 6.72. The molecule has 0 aromatic carbocycles. The molecule has 1 aliphatic carbocycles. The third-order valence-electron chi connectivity index (χ3n) is 3.92. The molecule has 106 valence electrons. The maximum absolute atomic E-state index is 12.4. The van der Waals surface area contributed by atoms with Gasteiger partial charge in [0.15, 0.2) is 5.82 Å². The molecule has 1 N–H and O–H groups in total. The van der Waals surface area contributed by atoms with E-state index in [1.807, 2.05) is 20.8 Å². The molecular formula is C15H25N3O. The predicted octanol–water partition coefficient (Wildman–Crippen LogP) is 2.99. The summed E-state index contributed by atoms with van der Waals surface area (Å²) in [5.41, 5.74) is -0.231. The van der Waals surface area contributed by atoms with Crippen LogP contribution in [0.2, 0.25) is 0 Å². The Kier molecular flexibility index (Phi) is 3.97. The first-order chi connectivity index (χ1) is 8.88. The molecule has 1 aliphatic rings. The Morgan fingerprint density at radius 1 is 1.26 bits per heavy atom. The number of aromatic nitrogens is 2. The van der Waals surface area contributed by atoms with Crippen molar-refractivity contribution in [2.45, 2.75) is 65.0 Å². The van der Waals surface area contributed by atoms with Gasteiger partial charge in [0.05, 0.1) is 0 Å². The van der Waals surface area contributed by atoms with Gasteiger partial charge in [-0.15, -0.1) is 0 Å². The molecule has 4 nitrogen and oxygen atoms in total. The zero-order valence-corrected chi connectivity index (χ0v) is 12.4. The SMILES string of the molecule is CC1CCC(Nc2nccn(C(C)(C)C)c2=O)CC1. The van der Waals surface area contributed by atoms with Crippen LogP contribution in [0.4, 0.5) is 5.82 Å². The van der Waals surface area contributed by atoms with E-state index in [0.717, 1.165) is 18.8 Å². The van der Waals surface area contributed by atoms with Crippen LogP contribution in [0.25, 0.3) is 0 Å². The van der Waals surface area contributed by atoms with E-state index in [1.54, 1.807) is 17.0 Å². The van der Waals surface area contributed by atoms with Gasteiger partial charge in [-0.3, -0.25) is 4.79 Å². The number of rotatable bonds is 2. The average Bonchev–Trinajstić information content (AvgIpc) is 2.33. The summed E-state index contributed by atoms with van der Waals surface area (Å²) in [7, 11) is 0. The highest BCUT2D eigenvalue weighted by molar-refractivity contribution is 5.32. The van der Waals surface area contributed by atoms with Crippen LogP contribution in [-0.4, -0.2) is 15.6 Å². The topological polar surface area (TPSA) is 46.9 Å². The lowest BCUT2D eigenvalue weighted by atomic mass is 9.87. The summed E-state index contributed by atoms with van der Waals surface area (Å²) < 4.78 is 1.74. The molecule has 1 aromatic heterocycles. The van der Waals surface area contributed by atoms with Crippen molar-refractivity contribution in [3.8, 4) is 0 Å². The normalized spacial score (nSPS) is 24.2. The van der Waals surface area contributed by atoms with Gasteiger partial charge in [0, 0.05) is 24.0 Å². The maximum atomic E-state index is 12.4. The first-order valence-corrected chi connectivity index (χ1v) is 7.22. The van der Waals surface area contributed by atoms with Crippen LogP contribution in [0.15, 0.2) is 17.2 Å². The molecule has 0 atom stereocenters. The van der Waals surface area contributed by atoms with Crippen molar-refractivity contribution in [1.82, 2.24) is 9.55 Å². The van der Waals surface area contributed by atoms with E-state index in [1.165, 1.54) is 12.8 Å². The lowest BCUT2D eigenvalue weighted by Gasteiger charge is -2.28. The van der Waals surface area contributed by atoms with Crippen LogP contribution in [0.5, 0.6) is 0 Å². The lowest BCUT2D eigenvalue weighted by Crippen LogP contribution is -2.37. The Morgan fingerprint density at radius 3 is 2.47 bits per heavy atom. The molecule has 1 heterocycles. The van der Waals surface area contributed by atoms with E-state index in [-0.39, 0.29) is 11.1 Å². The molecule has 0 amide bonds. The Balaban J connectivity index is 2.15. The van der Waals surface area contributed by atoms with Crippen molar-refractivity contribution >= 4 is 5.82 Å². The van der Waals surface area contributed by atoms with Crippen LogP contribution < -0.4 is 10.9 Å². The fourth-order valence-corrected chi connectivity index (χ4v) is 2.64. The molecule has 1 saturated carbocycles. The summed E-state index contributed by atoms with van der Waals surface area (Å²) in [6.07, 6.45) is 8.20. The van der Waals surface area contributed by atoms with Crippen molar-refractivity contribution in [3.63, 3.8) is 0 Å². The number of hydrogen-bond acceptors (Lipinski definition) is 3. The number of nitrogens with zero attached hydrogens (tertiary/aromatic N) is 2. The van der Waals surface area contributed by atoms with E-state index < -0.39 is 0 Å². The zero-order valence-electron chi connectivity index (χ0n) is 12.4. The zero-order chi connectivity index (χ0) is 14.0. The van der Waals surface area contributed by atoms with Gasteiger partial charge in [0.1, 0.15) is 0 Å². The van der Waals surface area contributed by atoms with E-state index >= 15 is 0 Å². The van der Waals surface area contributed by atoms with Crippen molar-refractivity contribution in [1.29, 1.82) is 0 Å². The second-order valence-corrected chi connectivity index (χ2v) is 6.72. The van der Waals surface area contributed by atoms with Crippen LogP contribution in [0, 0.1) is 5.92 Å². The maximum Gasteiger partial charge on any atom is 0.293 e. The third-order valence-corrected chi connectivity index (χ3v) is 3.92. The molecule has 0 radical (unpaired) electrons. The summed E-state index contributed by atoms with van der Waals surface area (Å²) in [5.74, 6) is 1.31. The fraction of sp³-hybridized carbons (Fsp3) is 0.733. The Morgan fingerprint density at radius 2 is 1.89 bits per heavy atom. The van der Waals surface area contributed by atoms with Gasteiger partial charge in [-0.1, -0.05) is 6.92 Å². The average molecular weight is 263 g/mol. The first kappa shape index (κ1) is 14.1. The fourth-order valence-electron chi connectivity index (χ4n) is 2.64. The van der Waals surface area contributed by atoms with Gasteiger partial charge in [-0.25, -0.2) is 4.98 Å². The highest BCUT2D eigenvalue weighted by Gasteiger charge is 2.21. The largest absolute Gasteiger partial charge is 0.363 e. The second kappa shape index (κ2) is 5.35. The number of anilines is 1. The van der Waals surface area contributed by atoms with Gasteiger partial charge >= 0.3 is 0 Å². The van der Waals surface area contributed by atoms with Crippen LogP contribution >= 0.6 is 0 Å². The standard InChI is InChI=1S/C15H25N3O/c1-11-5-7-12(8-6-11)17-13-14(19)18(10-9-16-13)15(2,3)4/h9-12H,5-8H2,1-4H3,(H,16,17). The minimum Gasteiger partial charge on any atom is -0.363 e.